The molecule has 1 heterocycles. The lowest BCUT2D eigenvalue weighted by Gasteiger charge is -2.10. The van der Waals surface area contributed by atoms with E-state index in [1.165, 1.54) is 11.3 Å². The highest BCUT2D eigenvalue weighted by Crippen LogP contribution is 2.24. The highest BCUT2D eigenvalue weighted by atomic mass is 79.9. The third-order valence-electron chi connectivity index (χ3n) is 2.46. The van der Waals surface area contributed by atoms with Crippen molar-refractivity contribution < 1.29 is 4.79 Å². The predicted molar refractivity (Wildman–Crippen MR) is 79.2 cm³/mol. The van der Waals surface area contributed by atoms with Crippen LogP contribution in [0.5, 0.6) is 0 Å². The molecule has 1 aromatic carbocycles. The molecule has 0 aliphatic carbocycles. The summed E-state index contributed by atoms with van der Waals surface area (Å²) in [6.07, 6.45) is 0. The number of carbonyl (C=O) groups is 1. The molecule has 0 saturated heterocycles. The van der Waals surface area contributed by atoms with Crippen molar-refractivity contribution in [3.8, 4) is 0 Å². The number of benzene rings is 1. The van der Waals surface area contributed by atoms with Crippen LogP contribution in [-0.2, 0) is 6.54 Å². The first kappa shape index (κ1) is 13.3. The third-order valence-corrected chi connectivity index (χ3v) is 4.29. The number of hydrogen-bond acceptors (Lipinski definition) is 3. The minimum absolute atomic E-state index is 0.0829. The molecule has 5 heteroatoms. The van der Waals surface area contributed by atoms with E-state index in [0.717, 1.165) is 22.3 Å². The van der Waals surface area contributed by atoms with Crippen LogP contribution in [0, 0.1) is 0 Å². The van der Waals surface area contributed by atoms with Crippen molar-refractivity contribution in [1.29, 1.82) is 0 Å². The molecule has 0 radical (unpaired) electrons. The quantitative estimate of drug-likeness (QED) is 0.904. The Bertz CT molecular complexity index is 553. The average Bonchev–Trinajstić information content (AvgIpc) is 2.78. The van der Waals surface area contributed by atoms with Crippen molar-refractivity contribution in [2.45, 2.75) is 6.54 Å². The lowest BCUT2D eigenvalue weighted by atomic mass is 10.1. The summed E-state index contributed by atoms with van der Waals surface area (Å²) in [7, 11) is 1.88. The molecule has 0 unspecified atom stereocenters. The van der Waals surface area contributed by atoms with Crippen LogP contribution in [0.3, 0.4) is 0 Å². The fourth-order valence-electron chi connectivity index (χ4n) is 1.62. The summed E-state index contributed by atoms with van der Waals surface area (Å²) in [5, 5.41) is 7.91. The van der Waals surface area contributed by atoms with E-state index in [0.29, 0.717) is 4.88 Å². The molecule has 0 bridgehead atoms. The number of anilines is 1. The van der Waals surface area contributed by atoms with Crippen LogP contribution in [0.25, 0.3) is 0 Å². The normalized spacial score (nSPS) is 10.3. The van der Waals surface area contributed by atoms with Crippen molar-refractivity contribution in [2.75, 3.05) is 12.4 Å². The molecule has 0 fully saturated rings. The lowest BCUT2D eigenvalue weighted by Crippen LogP contribution is -2.14. The number of thiophene rings is 1. The van der Waals surface area contributed by atoms with Gasteiger partial charge in [-0.3, -0.25) is 4.79 Å². The second-order valence-corrected chi connectivity index (χ2v) is 5.51. The topological polar surface area (TPSA) is 41.1 Å². The molecular weight excluding hydrogens is 312 g/mol. The standard InChI is InChI=1S/C13H13BrN2OS/c1-15-8-9-4-2-3-5-11(9)16-13(17)12-10(14)6-7-18-12/h2-7,15H,8H2,1H3,(H,16,17). The van der Waals surface area contributed by atoms with Gasteiger partial charge in [-0.05, 0) is 46.1 Å². The maximum atomic E-state index is 12.1. The summed E-state index contributed by atoms with van der Waals surface area (Å²) in [5.74, 6) is -0.0829. The number of nitrogens with one attached hydrogen (secondary N) is 2. The summed E-state index contributed by atoms with van der Waals surface area (Å²) < 4.78 is 0.830. The monoisotopic (exact) mass is 324 g/mol. The lowest BCUT2D eigenvalue weighted by molar-refractivity contribution is 0.103. The van der Waals surface area contributed by atoms with Gasteiger partial charge in [-0.25, -0.2) is 0 Å². The summed E-state index contributed by atoms with van der Waals surface area (Å²) in [4.78, 5) is 12.8. The van der Waals surface area contributed by atoms with Crippen molar-refractivity contribution in [3.05, 3.63) is 50.6 Å². The summed E-state index contributed by atoms with van der Waals surface area (Å²) in [6, 6.07) is 9.66. The number of rotatable bonds is 4. The van der Waals surface area contributed by atoms with Crippen LogP contribution in [0.1, 0.15) is 15.2 Å². The molecule has 2 aromatic rings. The van der Waals surface area contributed by atoms with Gasteiger partial charge in [0, 0.05) is 16.7 Å². The van der Waals surface area contributed by atoms with Crippen LogP contribution in [-0.4, -0.2) is 13.0 Å². The molecule has 0 spiro atoms. The zero-order valence-electron chi connectivity index (χ0n) is 9.87. The van der Waals surface area contributed by atoms with Gasteiger partial charge >= 0.3 is 0 Å². The van der Waals surface area contributed by atoms with Gasteiger partial charge in [0.1, 0.15) is 4.88 Å². The molecular formula is C13H13BrN2OS. The Morgan fingerprint density at radius 1 is 1.33 bits per heavy atom. The maximum absolute atomic E-state index is 12.1. The fourth-order valence-corrected chi connectivity index (χ4v) is 3.07. The molecule has 0 atom stereocenters. The highest BCUT2D eigenvalue weighted by Gasteiger charge is 2.12. The largest absolute Gasteiger partial charge is 0.321 e. The molecule has 2 rings (SSSR count). The number of hydrogen-bond donors (Lipinski definition) is 2. The Morgan fingerprint density at radius 2 is 2.11 bits per heavy atom. The fraction of sp³-hybridized carbons (Fsp3) is 0.154. The van der Waals surface area contributed by atoms with Crippen molar-refractivity contribution in [3.63, 3.8) is 0 Å². The molecule has 0 saturated carbocycles. The first-order valence-electron chi connectivity index (χ1n) is 5.49. The van der Waals surface area contributed by atoms with Gasteiger partial charge in [0.05, 0.1) is 0 Å². The van der Waals surface area contributed by atoms with E-state index < -0.39 is 0 Å². The van der Waals surface area contributed by atoms with E-state index in [2.05, 4.69) is 26.6 Å². The first-order valence-corrected chi connectivity index (χ1v) is 7.16. The summed E-state index contributed by atoms with van der Waals surface area (Å²) >= 11 is 4.79. The second-order valence-electron chi connectivity index (χ2n) is 3.74. The van der Waals surface area contributed by atoms with Crippen LogP contribution in [0.2, 0.25) is 0 Å². The molecule has 94 valence electrons. The first-order chi connectivity index (χ1) is 8.72. The van der Waals surface area contributed by atoms with E-state index in [9.17, 15) is 4.79 Å². The van der Waals surface area contributed by atoms with Gasteiger partial charge in [0.2, 0.25) is 0 Å². The summed E-state index contributed by atoms with van der Waals surface area (Å²) in [5.41, 5.74) is 1.91. The van der Waals surface area contributed by atoms with Gasteiger partial charge in [-0.2, -0.15) is 0 Å². The van der Waals surface area contributed by atoms with Gasteiger partial charge < -0.3 is 10.6 Å². The summed E-state index contributed by atoms with van der Waals surface area (Å²) in [6.45, 7) is 0.724. The van der Waals surface area contributed by atoms with Crippen LogP contribution in [0.4, 0.5) is 5.69 Å². The van der Waals surface area contributed by atoms with E-state index >= 15 is 0 Å². The van der Waals surface area contributed by atoms with Gasteiger partial charge in [0.15, 0.2) is 0 Å². The van der Waals surface area contributed by atoms with E-state index in [1.807, 2.05) is 42.8 Å². The Hall–Kier alpha value is -1.17. The maximum Gasteiger partial charge on any atom is 0.266 e. The van der Waals surface area contributed by atoms with Crippen molar-refractivity contribution >= 4 is 38.9 Å². The van der Waals surface area contributed by atoms with Crippen molar-refractivity contribution in [2.24, 2.45) is 0 Å². The Labute approximate surface area is 118 Å². The molecule has 1 amide bonds. The van der Waals surface area contributed by atoms with Gasteiger partial charge in [-0.1, -0.05) is 18.2 Å². The van der Waals surface area contributed by atoms with Crippen LogP contribution < -0.4 is 10.6 Å². The third kappa shape index (κ3) is 2.98. The highest BCUT2D eigenvalue weighted by molar-refractivity contribution is 9.10. The predicted octanol–water partition coefficient (Wildman–Crippen LogP) is 3.48. The second kappa shape index (κ2) is 6.13. The number of carbonyl (C=O) groups excluding carboxylic acids is 1. The van der Waals surface area contributed by atoms with Gasteiger partial charge in [0.25, 0.3) is 5.91 Å². The molecule has 2 N–H and O–H groups in total. The Kier molecular flexibility index (Phi) is 4.52. The smallest absolute Gasteiger partial charge is 0.266 e. The SMILES string of the molecule is CNCc1ccccc1NC(=O)c1sccc1Br. The number of para-hydroxylation sites is 1. The molecule has 0 aliphatic heterocycles. The molecule has 3 nitrogen and oxygen atoms in total. The zero-order chi connectivity index (χ0) is 13.0. The van der Waals surface area contributed by atoms with Gasteiger partial charge in [-0.15, -0.1) is 11.3 Å². The Morgan fingerprint density at radius 3 is 2.78 bits per heavy atom. The molecule has 18 heavy (non-hydrogen) atoms. The molecule has 0 aliphatic rings. The van der Waals surface area contributed by atoms with E-state index in [-0.39, 0.29) is 5.91 Å². The number of halogens is 1. The Balaban J connectivity index is 2.19. The minimum Gasteiger partial charge on any atom is -0.321 e. The van der Waals surface area contributed by atoms with Crippen molar-refractivity contribution in [1.82, 2.24) is 5.32 Å². The molecule has 1 aromatic heterocycles. The van der Waals surface area contributed by atoms with E-state index in [1.54, 1.807) is 0 Å². The number of amides is 1. The van der Waals surface area contributed by atoms with E-state index in [4.69, 9.17) is 0 Å². The van der Waals surface area contributed by atoms with Crippen LogP contribution >= 0.6 is 27.3 Å². The minimum atomic E-state index is -0.0829. The average molecular weight is 325 g/mol. The zero-order valence-corrected chi connectivity index (χ0v) is 12.3. The van der Waals surface area contributed by atoms with Crippen LogP contribution in [0.15, 0.2) is 40.2 Å².